The second-order valence-corrected chi connectivity index (χ2v) is 4.22. The van der Waals surface area contributed by atoms with Crippen LogP contribution in [0.2, 0.25) is 5.82 Å². The number of esters is 1. The summed E-state index contributed by atoms with van der Waals surface area (Å²) in [4.78, 5) is 11.3. The van der Waals surface area contributed by atoms with Crippen molar-refractivity contribution in [3.63, 3.8) is 0 Å². The van der Waals surface area contributed by atoms with Crippen molar-refractivity contribution in [1.82, 2.24) is 0 Å². The summed E-state index contributed by atoms with van der Waals surface area (Å²) in [5.74, 6) is -3.16. The zero-order valence-corrected chi connectivity index (χ0v) is 8.98. The van der Waals surface area contributed by atoms with Crippen LogP contribution in [0.4, 0.5) is 12.9 Å². The van der Waals surface area contributed by atoms with Gasteiger partial charge in [-0.15, -0.1) is 0 Å². The van der Waals surface area contributed by atoms with Crippen LogP contribution in [-0.2, 0) is 16.1 Å². The largest absolute Gasteiger partial charge is 0.482 e. The number of benzene rings is 1. The van der Waals surface area contributed by atoms with Crippen molar-refractivity contribution in [2.75, 3.05) is 0 Å². The van der Waals surface area contributed by atoms with Crippen LogP contribution in [-0.4, -0.2) is 12.9 Å². The van der Waals surface area contributed by atoms with Crippen molar-refractivity contribution in [1.29, 1.82) is 0 Å². The molecule has 1 aromatic rings. The smallest absolute Gasteiger partial charge is 0.461 e. The van der Waals surface area contributed by atoms with Crippen molar-refractivity contribution in [3.8, 4) is 0 Å². The monoisotopic (exact) mass is 243 g/mol. The van der Waals surface area contributed by atoms with E-state index in [9.17, 15) is 17.7 Å². The van der Waals surface area contributed by atoms with E-state index < -0.39 is 24.7 Å². The molecule has 2 unspecified atom stereocenters. The van der Waals surface area contributed by atoms with Crippen LogP contribution in [0.15, 0.2) is 30.3 Å². The van der Waals surface area contributed by atoms with Crippen LogP contribution < -0.4 is 0 Å². The molecule has 0 aromatic heterocycles. The third-order valence-corrected chi connectivity index (χ3v) is 2.85. The van der Waals surface area contributed by atoms with E-state index in [2.05, 4.69) is 0 Å². The van der Waals surface area contributed by atoms with Crippen molar-refractivity contribution >= 4 is 12.9 Å². The zero-order valence-electron chi connectivity index (χ0n) is 8.98. The molecule has 0 bridgehead atoms. The van der Waals surface area contributed by atoms with Gasteiger partial charge in [0.15, 0.2) is 0 Å². The second kappa shape index (κ2) is 4.43. The number of carbonyl (C=O) groups excluding carboxylic acids is 1. The Kier molecular flexibility index (Phi) is 3.13. The van der Waals surface area contributed by atoms with Gasteiger partial charge in [-0.3, -0.25) is 4.79 Å². The average molecular weight is 243 g/mol. The lowest BCUT2D eigenvalue weighted by molar-refractivity contribution is -0.146. The van der Waals surface area contributed by atoms with E-state index in [1.54, 1.807) is 24.3 Å². The summed E-state index contributed by atoms with van der Waals surface area (Å²) in [5, 5.41) is 0. The maximum absolute atomic E-state index is 12.3. The minimum Gasteiger partial charge on any atom is -0.461 e. The minimum atomic E-state index is -4.90. The summed E-state index contributed by atoms with van der Waals surface area (Å²) in [5.41, 5.74) is 0.774. The van der Waals surface area contributed by atoms with Gasteiger partial charge < -0.3 is 17.7 Å². The first-order valence-electron chi connectivity index (χ1n) is 5.39. The quantitative estimate of drug-likeness (QED) is 0.600. The predicted octanol–water partition coefficient (Wildman–Crippen LogP) is 2.97. The highest BCUT2D eigenvalue weighted by Gasteiger charge is 2.54. The molecule has 0 saturated heterocycles. The minimum absolute atomic E-state index is 0.0355. The highest BCUT2D eigenvalue weighted by molar-refractivity contribution is 6.61. The van der Waals surface area contributed by atoms with Gasteiger partial charge in [0.2, 0.25) is 0 Å². The molecule has 1 fully saturated rings. The van der Waals surface area contributed by atoms with E-state index >= 15 is 0 Å². The van der Waals surface area contributed by atoms with Gasteiger partial charge in [0, 0.05) is 5.92 Å². The van der Waals surface area contributed by atoms with Crippen molar-refractivity contribution in [2.24, 2.45) is 5.92 Å². The Hall–Kier alpha value is -1.46. The number of ether oxygens (including phenoxy) is 1. The first kappa shape index (κ1) is 12.0. The molecule has 0 aliphatic heterocycles. The van der Waals surface area contributed by atoms with Crippen molar-refractivity contribution in [2.45, 2.75) is 18.8 Å². The lowest BCUT2D eigenvalue weighted by Crippen LogP contribution is -2.18. The Morgan fingerprint density at radius 2 is 1.94 bits per heavy atom. The van der Waals surface area contributed by atoms with Gasteiger partial charge in [0.25, 0.3) is 0 Å². The predicted molar refractivity (Wildman–Crippen MR) is 57.2 cm³/mol. The number of hydrogen-bond donors (Lipinski definition) is 0. The third kappa shape index (κ3) is 3.02. The first-order chi connectivity index (χ1) is 7.98. The lowest BCUT2D eigenvalue weighted by atomic mass is 9.82. The standard InChI is InChI=1S/C11H11BF3O2/c13-12(14,15)10-6-9(10)11(16)17-7-8-4-2-1-3-5-8/h1-5,9-10H,6-7H2/q-1. The van der Waals surface area contributed by atoms with E-state index in [4.69, 9.17) is 4.74 Å². The fourth-order valence-electron chi connectivity index (χ4n) is 1.74. The molecule has 17 heavy (non-hydrogen) atoms. The molecule has 0 N–H and O–H groups in total. The Labute approximate surface area is 96.8 Å². The molecular formula is C11H11BF3O2-. The highest BCUT2D eigenvalue weighted by atomic mass is 19.4. The van der Waals surface area contributed by atoms with Gasteiger partial charge in [-0.2, -0.15) is 0 Å². The highest BCUT2D eigenvalue weighted by Crippen LogP contribution is 2.53. The summed E-state index contributed by atoms with van der Waals surface area (Å²) in [6, 6.07) is 8.88. The van der Waals surface area contributed by atoms with Crippen LogP contribution in [0.3, 0.4) is 0 Å². The van der Waals surface area contributed by atoms with Gasteiger partial charge in [0.05, 0.1) is 0 Å². The molecule has 1 aromatic carbocycles. The molecule has 1 saturated carbocycles. The first-order valence-corrected chi connectivity index (χ1v) is 5.39. The Bertz CT molecular complexity index is 405. The summed E-state index contributed by atoms with van der Waals surface area (Å²) in [7, 11) is 0. The van der Waals surface area contributed by atoms with E-state index in [-0.39, 0.29) is 13.0 Å². The van der Waals surface area contributed by atoms with E-state index in [1.165, 1.54) is 0 Å². The number of hydrogen-bond acceptors (Lipinski definition) is 2. The number of rotatable bonds is 4. The van der Waals surface area contributed by atoms with Gasteiger partial charge in [-0.1, -0.05) is 42.6 Å². The summed E-state index contributed by atoms with van der Waals surface area (Å²) >= 11 is 0. The fourth-order valence-corrected chi connectivity index (χ4v) is 1.74. The molecule has 0 heterocycles. The molecule has 1 aliphatic rings. The van der Waals surface area contributed by atoms with E-state index in [1.807, 2.05) is 6.07 Å². The summed E-state index contributed by atoms with van der Waals surface area (Å²) in [6.45, 7) is -4.87. The van der Waals surface area contributed by atoms with Crippen LogP contribution in [0.5, 0.6) is 0 Å². The molecule has 92 valence electrons. The number of halogens is 3. The Balaban J connectivity index is 1.80. The molecule has 0 radical (unpaired) electrons. The molecule has 2 rings (SSSR count). The Morgan fingerprint density at radius 1 is 1.29 bits per heavy atom. The molecule has 6 heteroatoms. The van der Waals surface area contributed by atoms with Gasteiger partial charge in [0.1, 0.15) is 6.61 Å². The third-order valence-electron chi connectivity index (χ3n) is 2.85. The van der Waals surface area contributed by atoms with E-state index in [0.717, 1.165) is 5.56 Å². The topological polar surface area (TPSA) is 26.3 Å². The molecule has 0 amide bonds. The second-order valence-electron chi connectivity index (χ2n) is 4.22. The van der Waals surface area contributed by atoms with Crippen molar-refractivity contribution < 1.29 is 22.5 Å². The molecule has 2 atom stereocenters. The van der Waals surface area contributed by atoms with Crippen LogP contribution >= 0.6 is 0 Å². The number of carbonyl (C=O) groups is 1. The Morgan fingerprint density at radius 3 is 2.47 bits per heavy atom. The fraction of sp³-hybridized carbons (Fsp3) is 0.364. The average Bonchev–Trinajstić information content (AvgIpc) is 3.06. The maximum Gasteiger partial charge on any atom is 0.482 e. The van der Waals surface area contributed by atoms with Crippen molar-refractivity contribution in [3.05, 3.63) is 35.9 Å². The molecule has 1 aliphatic carbocycles. The summed E-state index contributed by atoms with van der Waals surface area (Å²) in [6.07, 6.45) is -0.114. The molecular weight excluding hydrogens is 232 g/mol. The normalized spacial score (nSPS) is 23.2. The van der Waals surface area contributed by atoms with Crippen LogP contribution in [0, 0.1) is 5.92 Å². The van der Waals surface area contributed by atoms with Crippen LogP contribution in [0.1, 0.15) is 12.0 Å². The maximum atomic E-state index is 12.3. The summed E-state index contributed by atoms with van der Waals surface area (Å²) < 4.78 is 41.7. The zero-order chi connectivity index (χ0) is 12.5. The van der Waals surface area contributed by atoms with E-state index in [0.29, 0.717) is 0 Å². The lowest BCUT2D eigenvalue weighted by Gasteiger charge is -2.12. The molecule has 0 spiro atoms. The van der Waals surface area contributed by atoms with Gasteiger partial charge in [-0.05, 0) is 5.56 Å². The van der Waals surface area contributed by atoms with Crippen LogP contribution in [0.25, 0.3) is 0 Å². The SMILES string of the molecule is O=C(OCc1ccccc1)C1CC1[B-](F)(F)F. The van der Waals surface area contributed by atoms with Gasteiger partial charge >= 0.3 is 12.9 Å². The van der Waals surface area contributed by atoms with Gasteiger partial charge in [-0.25, -0.2) is 0 Å². The molecule has 2 nitrogen and oxygen atoms in total.